The van der Waals surface area contributed by atoms with E-state index in [2.05, 4.69) is 0 Å². The van der Waals surface area contributed by atoms with E-state index in [1.807, 2.05) is 6.92 Å². The van der Waals surface area contributed by atoms with E-state index < -0.39 is 11.9 Å². The van der Waals surface area contributed by atoms with E-state index in [0.29, 0.717) is 16.3 Å². The van der Waals surface area contributed by atoms with Gasteiger partial charge in [0.15, 0.2) is 11.6 Å². The molecular weight excluding hydrogens is 267 g/mol. The molecule has 0 aliphatic rings. The second-order valence-corrected chi connectivity index (χ2v) is 4.81. The molecule has 2 aromatic rings. The smallest absolute Gasteiger partial charge is 0.166 e. The van der Waals surface area contributed by atoms with Crippen LogP contribution in [0.1, 0.15) is 24.2 Å². The highest BCUT2D eigenvalue weighted by Crippen LogP contribution is 2.30. The first kappa shape index (κ1) is 13.8. The van der Waals surface area contributed by atoms with E-state index in [4.69, 9.17) is 16.3 Å². The third kappa shape index (κ3) is 3.25. The van der Waals surface area contributed by atoms with Crippen LogP contribution in [0.25, 0.3) is 0 Å². The van der Waals surface area contributed by atoms with E-state index in [-0.39, 0.29) is 5.75 Å². The van der Waals surface area contributed by atoms with Crippen molar-refractivity contribution in [3.8, 4) is 11.5 Å². The molecular formula is C15H14ClFO2. The quantitative estimate of drug-likeness (QED) is 0.888. The largest absolute Gasteiger partial charge is 0.454 e. The predicted molar refractivity (Wildman–Crippen MR) is 73.3 cm³/mol. The van der Waals surface area contributed by atoms with Crippen LogP contribution in [0, 0.1) is 12.7 Å². The maximum atomic E-state index is 13.8. The van der Waals surface area contributed by atoms with E-state index in [0.717, 1.165) is 5.56 Å². The number of hydrogen-bond acceptors (Lipinski definition) is 2. The van der Waals surface area contributed by atoms with Crippen molar-refractivity contribution >= 4 is 11.6 Å². The zero-order chi connectivity index (χ0) is 14.0. The van der Waals surface area contributed by atoms with Gasteiger partial charge in [0.2, 0.25) is 0 Å². The van der Waals surface area contributed by atoms with E-state index >= 15 is 0 Å². The molecule has 0 heterocycles. The van der Waals surface area contributed by atoms with Crippen LogP contribution in [0.15, 0.2) is 36.4 Å². The van der Waals surface area contributed by atoms with Gasteiger partial charge in [-0.05, 0) is 55.3 Å². The Morgan fingerprint density at radius 2 is 1.84 bits per heavy atom. The fourth-order valence-corrected chi connectivity index (χ4v) is 1.93. The van der Waals surface area contributed by atoms with Gasteiger partial charge in [0.05, 0.1) is 6.10 Å². The number of rotatable bonds is 3. The molecule has 0 amide bonds. The summed E-state index contributed by atoms with van der Waals surface area (Å²) in [6.07, 6.45) is -0.708. The summed E-state index contributed by atoms with van der Waals surface area (Å²) in [5, 5.41) is 9.99. The van der Waals surface area contributed by atoms with Crippen LogP contribution in [0.2, 0.25) is 5.02 Å². The predicted octanol–water partition coefficient (Wildman–Crippen LogP) is 4.63. The van der Waals surface area contributed by atoms with Crippen LogP contribution in [0.5, 0.6) is 11.5 Å². The number of aliphatic hydroxyl groups is 1. The molecule has 0 aliphatic carbocycles. The summed E-state index contributed by atoms with van der Waals surface area (Å²) in [4.78, 5) is 0. The third-order valence-corrected chi connectivity index (χ3v) is 3.03. The van der Waals surface area contributed by atoms with Gasteiger partial charge in [-0.3, -0.25) is 0 Å². The van der Waals surface area contributed by atoms with Gasteiger partial charge < -0.3 is 9.84 Å². The lowest BCUT2D eigenvalue weighted by Gasteiger charge is -2.11. The Morgan fingerprint density at radius 1 is 1.16 bits per heavy atom. The third-order valence-electron chi connectivity index (χ3n) is 2.80. The van der Waals surface area contributed by atoms with Crippen LogP contribution in [-0.2, 0) is 0 Å². The first-order chi connectivity index (χ1) is 8.97. The van der Waals surface area contributed by atoms with E-state index in [9.17, 15) is 9.50 Å². The van der Waals surface area contributed by atoms with Gasteiger partial charge in [-0.2, -0.15) is 0 Å². The normalized spacial score (nSPS) is 12.3. The summed E-state index contributed by atoms with van der Waals surface area (Å²) in [5.74, 6) is 0.163. The van der Waals surface area contributed by atoms with Crippen molar-refractivity contribution in [3.63, 3.8) is 0 Å². The molecule has 2 rings (SSSR count). The number of benzene rings is 2. The van der Waals surface area contributed by atoms with Crippen LogP contribution < -0.4 is 4.74 Å². The van der Waals surface area contributed by atoms with Gasteiger partial charge in [0.25, 0.3) is 0 Å². The lowest BCUT2D eigenvalue weighted by atomic mass is 10.1. The summed E-state index contributed by atoms with van der Waals surface area (Å²) < 4.78 is 19.4. The fourth-order valence-electron chi connectivity index (χ4n) is 1.71. The van der Waals surface area contributed by atoms with Gasteiger partial charge in [0, 0.05) is 5.02 Å². The molecule has 2 aromatic carbocycles. The topological polar surface area (TPSA) is 29.5 Å². The summed E-state index contributed by atoms with van der Waals surface area (Å²) >= 11 is 5.85. The Hall–Kier alpha value is -1.58. The van der Waals surface area contributed by atoms with Crippen molar-refractivity contribution in [1.82, 2.24) is 0 Å². The Kier molecular flexibility index (Phi) is 4.08. The molecule has 1 unspecified atom stereocenters. The summed E-state index contributed by atoms with van der Waals surface area (Å²) in [6.45, 7) is 3.42. The van der Waals surface area contributed by atoms with Gasteiger partial charge in [-0.25, -0.2) is 4.39 Å². The van der Waals surface area contributed by atoms with Gasteiger partial charge in [0.1, 0.15) is 5.75 Å². The van der Waals surface area contributed by atoms with Crippen molar-refractivity contribution < 1.29 is 14.2 Å². The molecule has 100 valence electrons. The number of aryl methyl sites for hydroxylation is 1. The second kappa shape index (κ2) is 5.59. The molecule has 0 bridgehead atoms. The fraction of sp³-hybridized carbons (Fsp3) is 0.200. The Balaban J connectivity index is 2.28. The van der Waals surface area contributed by atoms with Crippen LogP contribution in [0.4, 0.5) is 4.39 Å². The molecule has 19 heavy (non-hydrogen) atoms. The molecule has 2 nitrogen and oxygen atoms in total. The summed E-state index contributed by atoms with van der Waals surface area (Å²) in [5.41, 5.74) is 1.34. The lowest BCUT2D eigenvalue weighted by molar-refractivity contribution is 0.198. The molecule has 0 saturated heterocycles. The molecule has 0 aliphatic heterocycles. The molecule has 1 atom stereocenters. The van der Waals surface area contributed by atoms with E-state index in [1.165, 1.54) is 12.1 Å². The molecule has 0 radical (unpaired) electrons. The number of aliphatic hydroxyl groups excluding tert-OH is 1. The first-order valence-electron chi connectivity index (χ1n) is 5.89. The first-order valence-corrected chi connectivity index (χ1v) is 6.26. The average Bonchev–Trinajstić information content (AvgIpc) is 2.34. The Bertz CT molecular complexity index is 597. The molecule has 0 fully saturated rings. The van der Waals surface area contributed by atoms with Gasteiger partial charge in [-0.1, -0.05) is 17.7 Å². The number of halogens is 2. The standard InChI is InChI=1S/C15H14ClFO2/c1-9-7-12(16)4-6-14(9)19-15-5-3-11(10(2)18)8-13(15)17/h3-8,10,18H,1-2H3. The average molecular weight is 281 g/mol. The molecule has 0 aromatic heterocycles. The van der Waals surface area contributed by atoms with Crippen molar-refractivity contribution in [3.05, 3.63) is 58.4 Å². The zero-order valence-electron chi connectivity index (χ0n) is 10.7. The summed E-state index contributed by atoms with van der Waals surface area (Å²) in [7, 11) is 0. The highest BCUT2D eigenvalue weighted by molar-refractivity contribution is 6.30. The Labute approximate surface area is 116 Å². The Morgan fingerprint density at radius 3 is 2.42 bits per heavy atom. The summed E-state index contributed by atoms with van der Waals surface area (Å²) in [6, 6.07) is 9.54. The van der Waals surface area contributed by atoms with Crippen LogP contribution in [0.3, 0.4) is 0 Å². The van der Waals surface area contributed by atoms with Crippen molar-refractivity contribution in [2.75, 3.05) is 0 Å². The second-order valence-electron chi connectivity index (χ2n) is 4.38. The number of hydrogen-bond donors (Lipinski definition) is 1. The van der Waals surface area contributed by atoms with E-state index in [1.54, 1.807) is 31.2 Å². The molecule has 4 heteroatoms. The minimum Gasteiger partial charge on any atom is -0.454 e. The monoisotopic (exact) mass is 280 g/mol. The highest BCUT2D eigenvalue weighted by atomic mass is 35.5. The minimum absolute atomic E-state index is 0.120. The molecule has 0 spiro atoms. The number of ether oxygens (including phenoxy) is 1. The van der Waals surface area contributed by atoms with Crippen molar-refractivity contribution in [2.24, 2.45) is 0 Å². The SMILES string of the molecule is Cc1cc(Cl)ccc1Oc1ccc(C(C)O)cc1F. The highest BCUT2D eigenvalue weighted by Gasteiger charge is 2.10. The van der Waals surface area contributed by atoms with Crippen LogP contribution >= 0.6 is 11.6 Å². The van der Waals surface area contributed by atoms with Gasteiger partial charge >= 0.3 is 0 Å². The maximum Gasteiger partial charge on any atom is 0.166 e. The zero-order valence-corrected chi connectivity index (χ0v) is 11.4. The lowest BCUT2D eigenvalue weighted by Crippen LogP contribution is -1.95. The molecule has 0 saturated carbocycles. The minimum atomic E-state index is -0.708. The molecule has 1 N–H and O–H groups in total. The van der Waals surface area contributed by atoms with Crippen molar-refractivity contribution in [2.45, 2.75) is 20.0 Å². The maximum absolute atomic E-state index is 13.8. The van der Waals surface area contributed by atoms with Gasteiger partial charge in [-0.15, -0.1) is 0 Å². The van der Waals surface area contributed by atoms with Crippen LogP contribution in [-0.4, -0.2) is 5.11 Å². The van der Waals surface area contributed by atoms with Crippen molar-refractivity contribution in [1.29, 1.82) is 0 Å².